The first kappa shape index (κ1) is 25.8. The zero-order valence-corrected chi connectivity index (χ0v) is 25.6. The molecule has 4 aliphatic rings. The molecule has 44 heavy (non-hydrogen) atoms. The molecule has 214 valence electrons. The summed E-state index contributed by atoms with van der Waals surface area (Å²) in [6.45, 7) is 4.81. The molecule has 2 unspecified atom stereocenters. The predicted octanol–water partition coefficient (Wildman–Crippen LogP) is 11.7. The number of allylic oxidation sites excluding steroid dienone is 3. The van der Waals surface area contributed by atoms with Gasteiger partial charge in [0.15, 0.2) is 0 Å². The molecule has 2 atom stereocenters. The number of anilines is 2. The molecule has 1 fully saturated rings. The van der Waals surface area contributed by atoms with Gasteiger partial charge in [-0.05, 0) is 136 Å². The van der Waals surface area contributed by atoms with E-state index in [9.17, 15) is 0 Å². The number of fused-ring (bicyclic) bond motifs is 9. The minimum atomic E-state index is 0.0428. The molecule has 4 aliphatic carbocycles. The van der Waals surface area contributed by atoms with Crippen LogP contribution in [0.15, 0.2) is 133 Å². The molecule has 0 bridgehead atoms. The van der Waals surface area contributed by atoms with Gasteiger partial charge in [-0.2, -0.15) is 0 Å². The van der Waals surface area contributed by atoms with E-state index in [1.807, 2.05) is 0 Å². The maximum Gasteiger partial charge on any atom is 0.0461 e. The van der Waals surface area contributed by atoms with E-state index in [-0.39, 0.29) is 5.41 Å². The van der Waals surface area contributed by atoms with E-state index in [4.69, 9.17) is 0 Å². The Morgan fingerprint density at radius 2 is 1.27 bits per heavy atom. The topological polar surface area (TPSA) is 3.24 Å². The molecule has 0 saturated heterocycles. The smallest absolute Gasteiger partial charge is 0.0461 e. The van der Waals surface area contributed by atoms with Gasteiger partial charge in [-0.15, -0.1) is 0 Å². The van der Waals surface area contributed by atoms with Crippen LogP contribution < -0.4 is 4.90 Å². The highest BCUT2D eigenvalue weighted by Crippen LogP contribution is 2.60. The molecule has 5 aromatic rings. The average molecular weight is 568 g/mol. The lowest BCUT2D eigenvalue weighted by Crippen LogP contribution is -2.27. The fraction of sp³-hybridized carbons (Fsp3) is 0.209. The second-order valence-corrected chi connectivity index (χ2v) is 13.6. The summed E-state index contributed by atoms with van der Waals surface area (Å²) in [6.07, 6.45) is 11.7. The number of hydrogen-bond acceptors (Lipinski definition) is 1. The maximum atomic E-state index is 2.60. The van der Waals surface area contributed by atoms with Crippen molar-refractivity contribution >= 4 is 11.4 Å². The van der Waals surface area contributed by atoms with Crippen molar-refractivity contribution in [3.8, 4) is 33.4 Å². The Hall–Kier alpha value is -4.62. The minimum absolute atomic E-state index is 0.0428. The Morgan fingerprint density at radius 1 is 0.568 bits per heavy atom. The lowest BCUT2D eigenvalue weighted by Gasteiger charge is -2.44. The molecule has 0 spiro atoms. The van der Waals surface area contributed by atoms with Crippen molar-refractivity contribution in [2.75, 3.05) is 4.90 Å². The van der Waals surface area contributed by atoms with E-state index < -0.39 is 0 Å². The van der Waals surface area contributed by atoms with Crippen LogP contribution in [-0.2, 0) is 5.41 Å². The van der Waals surface area contributed by atoms with E-state index >= 15 is 0 Å². The van der Waals surface area contributed by atoms with E-state index in [2.05, 4.69) is 146 Å². The summed E-state index contributed by atoms with van der Waals surface area (Å²) >= 11 is 0. The largest absolute Gasteiger partial charge is 0.311 e. The summed E-state index contributed by atoms with van der Waals surface area (Å²) in [6, 6.07) is 41.4. The van der Waals surface area contributed by atoms with Crippen LogP contribution in [0.1, 0.15) is 73.6 Å². The van der Waals surface area contributed by atoms with Gasteiger partial charge in [0.05, 0.1) is 0 Å². The lowest BCUT2D eigenvalue weighted by molar-refractivity contribution is 0.343. The van der Waals surface area contributed by atoms with Crippen LogP contribution in [0, 0.1) is 0 Å². The first-order chi connectivity index (χ1) is 21.6. The predicted molar refractivity (Wildman–Crippen MR) is 185 cm³/mol. The Labute approximate surface area is 261 Å². The van der Waals surface area contributed by atoms with Crippen LogP contribution in [0.5, 0.6) is 0 Å². The highest BCUT2D eigenvalue weighted by molar-refractivity contribution is 5.89. The Morgan fingerprint density at radius 3 is 2.05 bits per heavy atom. The van der Waals surface area contributed by atoms with E-state index in [1.165, 1.54) is 74.4 Å². The van der Waals surface area contributed by atoms with Gasteiger partial charge in [-0.25, -0.2) is 0 Å². The van der Waals surface area contributed by atoms with Crippen LogP contribution in [0.25, 0.3) is 33.4 Å². The minimum Gasteiger partial charge on any atom is -0.311 e. The standard InChI is InChI=1S/C43H37N/c1-43(2)41-16-10-9-15-36(41)40-26-38-37-25-29(19-22-34(37)33-23-24-35(33)39(38)27-42(40)43)28-17-20-32(21-18-28)44(30-11-5-3-6-12-30)31-13-7-4-8-14-31/h3,5-7,9-22,25-27,33,35H,4,8,23-24H2,1-2H3. The zero-order chi connectivity index (χ0) is 29.4. The third-order valence-corrected chi connectivity index (χ3v) is 10.9. The van der Waals surface area contributed by atoms with Gasteiger partial charge in [0.2, 0.25) is 0 Å². The fourth-order valence-corrected chi connectivity index (χ4v) is 8.43. The first-order valence-electron chi connectivity index (χ1n) is 16.3. The van der Waals surface area contributed by atoms with Crippen molar-refractivity contribution < 1.29 is 0 Å². The summed E-state index contributed by atoms with van der Waals surface area (Å²) in [4.78, 5) is 2.37. The fourth-order valence-electron chi connectivity index (χ4n) is 8.43. The van der Waals surface area contributed by atoms with Crippen molar-refractivity contribution in [1.82, 2.24) is 0 Å². The molecule has 0 heterocycles. The molecule has 1 saturated carbocycles. The molecule has 0 radical (unpaired) electrons. The van der Waals surface area contributed by atoms with Crippen LogP contribution in [0.4, 0.5) is 11.4 Å². The van der Waals surface area contributed by atoms with Gasteiger partial charge in [-0.1, -0.05) is 98.8 Å². The van der Waals surface area contributed by atoms with Crippen molar-refractivity contribution in [1.29, 1.82) is 0 Å². The highest BCUT2D eigenvalue weighted by Gasteiger charge is 2.43. The quantitative estimate of drug-likeness (QED) is 0.209. The van der Waals surface area contributed by atoms with Gasteiger partial charge in [0.1, 0.15) is 0 Å². The number of benzene rings is 5. The maximum absolute atomic E-state index is 2.60. The van der Waals surface area contributed by atoms with E-state index in [0.29, 0.717) is 11.8 Å². The third kappa shape index (κ3) is 3.78. The first-order valence-corrected chi connectivity index (χ1v) is 16.3. The second kappa shape index (κ2) is 9.69. The number of hydrogen-bond donors (Lipinski definition) is 0. The van der Waals surface area contributed by atoms with Gasteiger partial charge in [0, 0.05) is 22.5 Å². The van der Waals surface area contributed by atoms with Crippen molar-refractivity contribution in [3.63, 3.8) is 0 Å². The Kier molecular flexibility index (Phi) is 5.69. The molecule has 5 aromatic carbocycles. The molecule has 9 rings (SSSR count). The number of nitrogens with zero attached hydrogens (tertiary/aromatic N) is 1. The van der Waals surface area contributed by atoms with Crippen LogP contribution in [0.2, 0.25) is 0 Å². The van der Waals surface area contributed by atoms with Gasteiger partial charge in [0.25, 0.3) is 0 Å². The van der Waals surface area contributed by atoms with Gasteiger partial charge in [-0.3, -0.25) is 0 Å². The number of para-hydroxylation sites is 1. The van der Waals surface area contributed by atoms with E-state index in [1.54, 1.807) is 11.1 Å². The summed E-state index contributed by atoms with van der Waals surface area (Å²) in [5, 5.41) is 0. The highest BCUT2D eigenvalue weighted by atomic mass is 15.1. The normalized spacial score (nSPS) is 19.9. The summed E-state index contributed by atoms with van der Waals surface area (Å²) in [7, 11) is 0. The molecule has 1 nitrogen and oxygen atoms in total. The Bertz CT molecular complexity index is 1990. The monoisotopic (exact) mass is 567 g/mol. The third-order valence-electron chi connectivity index (χ3n) is 10.9. The average Bonchev–Trinajstić information content (AvgIpc) is 3.27. The van der Waals surface area contributed by atoms with Crippen molar-refractivity contribution in [2.45, 2.75) is 56.8 Å². The Balaban J connectivity index is 1.13. The van der Waals surface area contributed by atoms with E-state index in [0.717, 1.165) is 12.8 Å². The van der Waals surface area contributed by atoms with Crippen LogP contribution >= 0.6 is 0 Å². The van der Waals surface area contributed by atoms with Crippen LogP contribution in [-0.4, -0.2) is 0 Å². The number of rotatable bonds is 4. The molecular formula is C43H37N. The lowest BCUT2D eigenvalue weighted by atomic mass is 9.60. The molecule has 0 aromatic heterocycles. The van der Waals surface area contributed by atoms with Crippen molar-refractivity contribution in [2.24, 2.45) is 0 Å². The molecule has 0 aliphatic heterocycles. The second-order valence-electron chi connectivity index (χ2n) is 13.6. The summed E-state index contributed by atoms with van der Waals surface area (Å²) in [5.74, 6) is 1.30. The zero-order valence-electron chi connectivity index (χ0n) is 25.6. The SMILES string of the molecule is CC1(C)c2ccccc2-c2cc3c(cc21)C1CCC1c1ccc(-c2ccc(N(C4=CCCC=C4)c4ccccc4)cc2)cc1-3. The molecular weight excluding hydrogens is 530 g/mol. The summed E-state index contributed by atoms with van der Waals surface area (Å²) in [5.41, 5.74) is 18.0. The van der Waals surface area contributed by atoms with Crippen LogP contribution in [0.3, 0.4) is 0 Å². The molecule has 0 amide bonds. The van der Waals surface area contributed by atoms with Gasteiger partial charge < -0.3 is 4.90 Å². The molecule has 0 N–H and O–H groups in total. The molecule has 1 heteroatoms. The summed E-state index contributed by atoms with van der Waals surface area (Å²) < 4.78 is 0. The van der Waals surface area contributed by atoms with Crippen molar-refractivity contribution in [3.05, 3.63) is 155 Å². The van der Waals surface area contributed by atoms with Gasteiger partial charge >= 0.3 is 0 Å².